The van der Waals surface area contributed by atoms with Gasteiger partial charge in [-0.2, -0.15) is 0 Å². The second-order valence-corrected chi connectivity index (χ2v) is 5.93. The number of nitrogens with zero attached hydrogens (tertiary/aromatic N) is 1. The molecule has 1 aliphatic rings. The Balaban J connectivity index is 0.00000208. The molecule has 2 N–H and O–H groups in total. The van der Waals surface area contributed by atoms with Crippen molar-refractivity contribution in [1.82, 2.24) is 4.90 Å². The number of amides is 1. The summed E-state index contributed by atoms with van der Waals surface area (Å²) in [6, 6.07) is 17.4. The Hall–Kier alpha value is -2.20. The molecule has 128 valence electrons. The summed E-state index contributed by atoms with van der Waals surface area (Å²) >= 11 is 0. The van der Waals surface area contributed by atoms with Gasteiger partial charge in [0, 0.05) is 31.6 Å². The lowest BCUT2D eigenvalue weighted by atomic mass is 10.1. The fourth-order valence-electron chi connectivity index (χ4n) is 2.84. The average molecular weight is 347 g/mol. The number of anilines is 1. The predicted molar refractivity (Wildman–Crippen MR) is 98.5 cm³/mol. The van der Waals surface area contributed by atoms with E-state index in [0.29, 0.717) is 6.42 Å². The third kappa shape index (κ3) is 4.90. The van der Waals surface area contributed by atoms with Crippen molar-refractivity contribution in [3.05, 3.63) is 60.2 Å². The second-order valence-electron chi connectivity index (χ2n) is 5.93. The van der Waals surface area contributed by atoms with Crippen molar-refractivity contribution in [3.63, 3.8) is 0 Å². The Morgan fingerprint density at radius 3 is 2.29 bits per heavy atom. The summed E-state index contributed by atoms with van der Waals surface area (Å²) in [5.74, 6) is 1.08. The Morgan fingerprint density at radius 2 is 1.67 bits per heavy atom. The molecule has 0 radical (unpaired) electrons. The molecule has 3 rings (SSSR count). The van der Waals surface area contributed by atoms with E-state index in [2.05, 4.69) is 0 Å². The maximum atomic E-state index is 12.4. The molecule has 0 saturated carbocycles. The molecule has 2 aromatic rings. The van der Waals surface area contributed by atoms with Gasteiger partial charge < -0.3 is 15.4 Å². The largest absolute Gasteiger partial charge is 0.490 e. The minimum absolute atomic E-state index is 0. The molecule has 0 unspecified atom stereocenters. The predicted octanol–water partition coefficient (Wildman–Crippen LogP) is 3.30. The second kappa shape index (κ2) is 8.60. The molecule has 1 saturated heterocycles. The van der Waals surface area contributed by atoms with Crippen LogP contribution in [-0.4, -0.2) is 30.0 Å². The van der Waals surface area contributed by atoms with Crippen LogP contribution in [0.25, 0.3) is 0 Å². The number of nitrogen functional groups attached to an aromatic ring is 1. The van der Waals surface area contributed by atoms with Crippen molar-refractivity contribution >= 4 is 24.0 Å². The molecule has 4 nitrogen and oxygen atoms in total. The topological polar surface area (TPSA) is 55.6 Å². The highest BCUT2D eigenvalue weighted by molar-refractivity contribution is 5.85. The monoisotopic (exact) mass is 346 g/mol. The number of hydrogen-bond donors (Lipinski definition) is 1. The molecule has 0 aromatic heterocycles. The lowest BCUT2D eigenvalue weighted by Gasteiger charge is -2.32. The number of hydrogen-bond acceptors (Lipinski definition) is 3. The van der Waals surface area contributed by atoms with E-state index in [1.165, 1.54) is 0 Å². The molecule has 0 bridgehead atoms. The first-order chi connectivity index (χ1) is 11.2. The number of nitrogens with two attached hydrogens (primary N) is 1. The summed E-state index contributed by atoms with van der Waals surface area (Å²) in [7, 11) is 0. The number of rotatable bonds is 4. The third-order valence-electron chi connectivity index (χ3n) is 4.18. The van der Waals surface area contributed by atoms with E-state index in [1.807, 2.05) is 59.5 Å². The van der Waals surface area contributed by atoms with Crippen LogP contribution in [0.5, 0.6) is 5.75 Å². The van der Waals surface area contributed by atoms with Crippen molar-refractivity contribution in [2.75, 3.05) is 18.8 Å². The number of carbonyl (C=O) groups is 1. The van der Waals surface area contributed by atoms with E-state index in [4.69, 9.17) is 10.5 Å². The summed E-state index contributed by atoms with van der Waals surface area (Å²) in [5.41, 5.74) is 7.40. The maximum Gasteiger partial charge on any atom is 0.226 e. The van der Waals surface area contributed by atoms with Gasteiger partial charge in [0.25, 0.3) is 0 Å². The van der Waals surface area contributed by atoms with E-state index in [0.717, 1.165) is 42.9 Å². The first-order valence-corrected chi connectivity index (χ1v) is 8.04. The van der Waals surface area contributed by atoms with E-state index in [-0.39, 0.29) is 24.4 Å². The summed E-state index contributed by atoms with van der Waals surface area (Å²) in [5, 5.41) is 0. The van der Waals surface area contributed by atoms with E-state index < -0.39 is 0 Å². The van der Waals surface area contributed by atoms with Gasteiger partial charge in [0.15, 0.2) is 0 Å². The zero-order valence-electron chi connectivity index (χ0n) is 13.6. The Morgan fingerprint density at radius 1 is 1.04 bits per heavy atom. The van der Waals surface area contributed by atoms with Gasteiger partial charge in [-0.15, -0.1) is 12.4 Å². The van der Waals surface area contributed by atoms with E-state index in [9.17, 15) is 4.79 Å². The molecule has 0 spiro atoms. The molecule has 1 aliphatic heterocycles. The van der Waals surface area contributed by atoms with Gasteiger partial charge >= 0.3 is 0 Å². The summed E-state index contributed by atoms with van der Waals surface area (Å²) in [4.78, 5) is 14.3. The molecule has 1 amide bonds. The molecular formula is C19H23ClN2O2. The fraction of sp³-hybridized carbons (Fsp3) is 0.316. The van der Waals surface area contributed by atoms with Crippen LogP contribution >= 0.6 is 12.4 Å². The number of benzene rings is 2. The van der Waals surface area contributed by atoms with Gasteiger partial charge in [0.1, 0.15) is 11.9 Å². The number of ether oxygens (including phenoxy) is 1. The molecule has 24 heavy (non-hydrogen) atoms. The van der Waals surface area contributed by atoms with Crippen molar-refractivity contribution in [3.8, 4) is 5.75 Å². The van der Waals surface area contributed by atoms with Gasteiger partial charge in [0.2, 0.25) is 5.91 Å². The van der Waals surface area contributed by atoms with Crippen molar-refractivity contribution < 1.29 is 9.53 Å². The highest BCUT2D eigenvalue weighted by Crippen LogP contribution is 2.19. The third-order valence-corrected chi connectivity index (χ3v) is 4.18. The van der Waals surface area contributed by atoms with Crippen molar-refractivity contribution in [1.29, 1.82) is 0 Å². The smallest absolute Gasteiger partial charge is 0.226 e. The van der Waals surface area contributed by atoms with Crippen LogP contribution in [0.3, 0.4) is 0 Å². The fourth-order valence-corrected chi connectivity index (χ4v) is 2.84. The minimum Gasteiger partial charge on any atom is -0.490 e. The zero-order valence-corrected chi connectivity index (χ0v) is 14.4. The quantitative estimate of drug-likeness (QED) is 0.864. The lowest BCUT2D eigenvalue weighted by molar-refractivity contribution is -0.132. The lowest BCUT2D eigenvalue weighted by Crippen LogP contribution is -2.42. The van der Waals surface area contributed by atoms with E-state index >= 15 is 0 Å². The molecule has 1 heterocycles. The summed E-state index contributed by atoms with van der Waals surface area (Å²) in [6.45, 7) is 1.51. The summed E-state index contributed by atoms with van der Waals surface area (Å²) < 4.78 is 5.96. The van der Waals surface area contributed by atoms with Gasteiger partial charge in [0.05, 0.1) is 6.42 Å². The van der Waals surface area contributed by atoms with Crippen molar-refractivity contribution in [2.45, 2.75) is 25.4 Å². The number of carbonyl (C=O) groups excluding carboxylic acids is 1. The molecule has 0 aliphatic carbocycles. The molecule has 0 atom stereocenters. The number of likely N-dealkylation sites (tertiary alicyclic amines) is 1. The Kier molecular flexibility index (Phi) is 6.50. The van der Waals surface area contributed by atoms with Crippen molar-refractivity contribution in [2.24, 2.45) is 0 Å². The van der Waals surface area contributed by atoms with Crippen LogP contribution < -0.4 is 10.5 Å². The van der Waals surface area contributed by atoms with Crippen LogP contribution in [0.2, 0.25) is 0 Å². The van der Waals surface area contributed by atoms with Crippen LogP contribution in [0, 0.1) is 0 Å². The first-order valence-electron chi connectivity index (χ1n) is 8.04. The van der Waals surface area contributed by atoms with Gasteiger partial charge in [-0.25, -0.2) is 0 Å². The molecule has 2 aromatic carbocycles. The molecule has 1 fully saturated rings. The average Bonchev–Trinajstić information content (AvgIpc) is 2.58. The van der Waals surface area contributed by atoms with E-state index in [1.54, 1.807) is 0 Å². The van der Waals surface area contributed by atoms with Gasteiger partial charge in [-0.1, -0.05) is 30.3 Å². The first kappa shape index (κ1) is 18.1. The number of para-hydroxylation sites is 1. The number of piperidine rings is 1. The Labute approximate surface area is 149 Å². The van der Waals surface area contributed by atoms with Crippen LogP contribution in [0.15, 0.2) is 54.6 Å². The molecular weight excluding hydrogens is 324 g/mol. The standard InChI is InChI=1S/C19H22N2O2.ClH/c20-16-8-6-15(7-9-16)14-19(22)21-12-10-18(11-13-21)23-17-4-2-1-3-5-17;/h1-9,18H,10-14,20H2;1H. The maximum absolute atomic E-state index is 12.4. The van der Waals surface area contributed by atoms with Crippen LogP contribution in [0.1, 0.15) is 18.4 Å². The van der Waals surface area contributed by atoms with Gasteiger partial charge in [-0.05, 0) is 29.8 Å². The Bertz CT molecular complexity index is 638. The SMILES string of the molecule is Cl.Nc1ccc(CC(=O)N2CCC(Oc3ccccc3)CC2)cc1. The highest BCUT2D eigenvalue weighted by Gasteiger charge is 2.23. The number of halogens is 1. The zero-order chi connectivity index (χ0) is 16.1. The van der Waals surface area contributed by atoms with Crippen LogP contribution in [0.4, 0.5) is 5.69 Å². The normalized spacial score (nSPS) is 14.8. The van der Waals surface area contributed by atoms with Gasteiger partial charge in [-0.3, -0.25) is 4.79 Å². The highest BCUT2D eigenvalue weighted by atomic mass is 35.5. The molecule has 5 heteroatoms. The minimum atomic E-state index is 0. The van der Waals surface area contributed by atoms with Crippen LogP contribution in [-0.2, 0) is 11.2 Å². The summed E-state index contributed by atoms with van der Waals surface area (Å²) in [6.07, 6.45) is 2.38.